The van der Waals surface area contributed by atoms with Gasteiger partial charge in [-0.25, -0.2) is 0 Å². The van der Waals surface area contributed by atoms with Crippen molar-refractivity contribution in [2.45, 2.75) is 31.5 Å². The Bertz CT molecular complexity index is 335. The zero-order valence-corrected chi connectivity index (χ0v) is 9.97. The highest BCUT2D eigenvalue weighted by Crippen LogP contribution is 2.28. The van der Waals surface area contributed by atoms with Crippen LogP contribution in [0, 0.1) is 0 Å². The van der Waals surface area contributed by atoms with Crippen LogP contribution in [0.1, 0.15) is 18.4 Å². The second kappa shape index (κ2) is 4.19. The maximum atomic E-state index is 2.62. The standard InChI is InChI=1S/C14H20N2/c1-15-13-7-8-14(15)11-16(10-13)9-12-5-3-2-4-6-12/h2-6,13-14H,7-11H2,1H3/t13-,14-/m0/s1. The van der Waals surface area contributed by atoms with Crippen LogP contribution < -0.4 is 0 Å². The fraction of sp³-hybridized carbons (Fsp3) is 0.571. The van der Waals surface area contributed by atoms with E-state index in [0.29, 0.717) is 0 Å². The molecule has 2 heteroatoms. The molecule has 0 saturated carbocycles. The van der Waals surface area contributed by atoms with E-state index in [0.717, 1.165) is 18.6 Å². The smallest absolute Gasteiger partial charge is 0.0235 e. The van der Waals surface area contributed by atoms with Crippen LogP contribution in [0.3, 0.4) is 0 Å². The van der Waals surface area contributed by atoms with Crippen molar-refractivity contribution in [3.05, 3.63) is 35.9 Å². The molecular formula is C14H20N2. The van der Waals surface area contributed by atoms with Crippen molar-refractivity contribution in [3.63, 3.8) is 0 Å². The van der Waals surface area contributed by atoms with Crippen molar-refractivity contribution < 1.29 is 0 Å². The Morgan fingerprint density at radius 3 is 2.31 bits per heavy atom. The summed E-state index contributed by atoms with van der Waals surface area (Å²) < 4.78 is 0. The zero-order chi connectivity index (χ0) is 11.0. The Labute approximate surface area is 97.9 Å². The highest BCUT2D eigenvalue weighted by atomic mass is 15.3. The predicted molar refractivity (Wildman–Crippen MR) is 66.3 cm³/mol. The molecule has 2 heterocycles. The topological polar surface area (TPSA) is 6.48 Å². The number of likely N-dealkylation sites (N-methyl/N-ethyl adjacent to an activating group) is 1. The minimum absolute atomic E-state index is 0.808. The van der Waals surface area contributed by atoms with E-state index in [1.165, 1.54) is 31.5 Å². The number of fused-ring (bicyclic) bond motifs is 2. The molecule has 1 aromatic rings. The molecule has 0 spiro atoms. The number of hydrogen-bond donors (Lipinski definition) is 0. The second-order valence-electron chi connectivity index (χ2n) is 5.23. The van der Waals surface area contributed by atoms with Crippen molar-refractivity contribution in [1.29, 1.82) is 0 Å². The third kappa shape index (κ3) is 1.87. The quantitative estimate of drug-likeness (QED) is 0.745. The van der Waals surface area contributed by atoms with Gasteiger partial charge in [0.05, 0.1) is 0 Å². The first kappa shape index (κ1) is 10.3. The average Bonchev–Trinajstić information content (AvgIpc) is 2.54. The molecule has 86 valence electrons. The van der Waals surface area contributed by atoms with Gasteiger partial charge in [-0.1, -0.05) is 30.3 Å². The number of nitrogens with zero attached hydrogens (tertiary/aromatic N) is 2. The minimum atomic E-state index is 0.808. The largest absolute Gasteiger partial charge is 0.298 e. The van der Waals surface area contributed by atoms with Crippen molar-refractivity contribution in [3.8, 4) is 0 Å². The summed E-state index contributed by atoms with van der Waals surface area (Å²) >= 11 is 0. The number of piperazine rings is 1. The van der Waals surface area contributed by atoms with Gasteiger partial charge in [-0.05, 0) is 25.5 Å². The summed E-state index contributed by atoms with van der Waals surface area (Å²) in [5.74, 6) is 0. The first-order chi connectivity index (χ1) is 7.83. The van der Waals surface area contributed by atoms with Gasteiger partial charge in [0, 0.05) is 31.7 Å². The molecule has 2 aliphatic rings. The van der Waals surface area contributed by atoms with Crippen molar-refractivity contribution in [1.82, 2.24) is 9.80 Å². The SMILES string of the molecule is CN1[C@H]2CC[C@H]1CN(Cc1ccccc1)C2. The van der Waals surface area contributed by atoms with E-state index in [2.05, 4.69) is 47.2 Å². The van der Waals surface area contributed by atoms with Crippen LogP contribution in [-0.2, 0) is 6.54 Å². The van der Waals surface area contributed by atoms with Gasteiger partial charge in [-0.15, -0.1) is 0 Å². The Morgan fingerprint density at radius 1 is 1.06 bits per heavy atom. The molecule has 2 saturated heterocycles. The molecule has 16 heavy (non-hydrogen) atoms. The van der Waals surface area contributed by atoms with Gasteiger partial charge in [-0.2, -0.15) is 0 Å². The zero-order valence-electron chi connectivity index (χ0n) is 9.97. The van der Waals surface area contributed by atoms with Crippen LogP contribution in [0.25, 0.3) is 0 Å². The fourth-order valence-corrected chi connectivity index (χ4v) is 3.17. The lowest BCUT2D eigenvalue weighted by Gasteiger charge is -2.38. The lowest BCUT2D eigenvalue weighted by atomic mass is 10.1. The van der Waals surface area contributed by atoms with Crippen LogP contribution in [0.4, 0.5) is 0 Å². The van der Waals surface area contributed by atoms with Crippen LogP contribution in [0.5, 0.6) is 0 Å². The second-order valence-corrected chi connectivity index (χ2v) is 5.23. The Hall–Kier alpha value is -0.860. The number of likely N-dealkylation sites (tertiary alicyclic amines) is 1. The number of rotatable bonds is 2. The van der Waals surface area contributed by atoms with Gasteiger partial charge in [-0.3, -0.25) is 9.80 Å². The van der Waals surface area contributed by atoms with Gasteiger partial charge in [0.25, 0.3) is 0 Å². The Morgan fingerprint density at radius 2 is 1.69 bits per heavy atom. The summed E-state index contributed by atoms with van der Waals surface area (Å²) in [4.78, 5) is 5.21. The molecule has 0 radical (unpaired) electrons. The maximum Gasteiger partial charge on any atom is 0.0235 e. The van der Waals surface area contributed by atoms with E-state index < -0.39 is 0 Å². The monoisotopic (exact) mass is 216 g/mol. The molecule has 0 N–H and O–H groups in total. The fourth-order valence-electron chi connectivity index (χ4n) is 3.17. The Balaban J connectivity index is 1.66. The number of hydrogen-bond acceptors (Lipinski definition) is 2. The normalized spacial score (nSPS) is 30.8. The van der Waals surface area contributed by atoms with Gasteiger partial charge in [0.2, 0.25) is 0 Å². The van der Waals surface area contributed by atoms with E-state index in [4.69, 9.17) is 0 Å². The van der Waals surface area contributed by atoms with Crippen LogP contribution in [0.15, 0.2) is 30.3 Å². The lowest BCUT2D eigenvalue weighted by Crippen LogP contribution is -2.51. The molecule has 1 aromatic carbocycles. The van der Waals surface area contributed by atoms with Crippen molar-refractivity contribution in [2.24, 2.45) is 0 Å². The molecule has 2 atom stereocenters. The van der Waals surface area contributed by atoms with Crippen LogP contribution in [0.2, 0.25) is 0 Å². The highest BCUT2D eigenvalue weighted by Gasteiger charge is 2.36. The first-order valence-corrected chi connectivity index (χ1v) is 6.31. The van der Waals surface area contributed by atoms with E-state index in [1.54, 1.807) is 0 Å². The molecule has 2 nitrogen and oxygen atoms in total. The van der Waals surface area contributed by atoms with Gasteiger partial charge in [0.1, 0.15) is 0 Å². The minimum Gasteiger partial charge on any atom is -0.298 e. The summed E-state index contributed by atoms with van der Waals surface area (Å²) in [5, 5.41) is 0. The molecule has 2 fully saturated rings. The molecule has 2 bridgehead atoms. The summed E-state index contributed by atoms with van der Waals surface area (Å²) in [6.07, 6.45) is 2.79. The van der Waals surface area contributed by atoms with E-state index >= 15 is 0 Å². The van der Waals surface area contributed by atoms with Gasteiger partial charge < -0.3 is 0 Å². The molecule has 0 aliphatic carbocycles. The summed E-state index contributed by atoms with van der Waals surface area (Å²) in [6.45, 7) is 3.63. The first-order valence-electron chi connectivity index (χ1n) is 6.31. The average molecular weight is 216 g/mol. The Kier molecular flexibility index (Phi) is 2.70. The maximum absolute atomic E-state index is 2.62. The summed E-state index contributed by atoms with van der Waals surface area (Å²) in [7, 11) is 2.29. The van der Waals surface area contributed by atoms with Gasteiger partial charge >= 0.3 is 0 Å². The van der Waals surface area contributed by atoms with E-state index in [-0.39, 0.29) is 0 Å². The third-order valence-electron chi connectivity index (χ3n) is 4.17. The highest BCUT2D eigenvalue weighted by molar-refractivity contribution is 5.15. The molecule has 0 unspecified atom stereocenters. The lowest BCUT2D eigenvalue weighted by molar-refractivity contribution is 0.0837. The third-order valence-corrected chi connectivity index (χ3v) is 4.17. The van der Waals surface area contributed by atoms with E-state index in [9.17, 15) is 0 Å². The molecule has 2 aliphatic heterocycles. The van der Waals surface area contributed by atoms with E-state index in [1.807, 2.05) is 0 Å². The summed E-state index contributed by atoms with van der Waals surface area (Å²) in [6, 6.07) is 12.5. The molecule has 3 rings (SSSR count). The molecular weight excluding hydrogens is 196 g/mol. The van der Waals surface area contributed by atoms with Crippen molar-refractivity contribution in [2.75, 3.05) is 20.1 Å². The molecule has 0 aromatic heterocycles. The number of benzene rings is 1. The predicted octanol–water partition coefficient (Wildman–Crippen LogP) is 1.96. The van der Waals surface area contributed by atoms with Gasteiger partial charge in [0.15, 0.2) is 0 Å². The van der Waals surface area contributed by atoms with Crippen molar-refractivity contribution >= 4 is 0 Å². The molecule has 0 amide bonds. The van der Waals surface area contributed by atoms with Crippen LogP contribution in [-0.4, -0.2) is 42.0 Å². The summed E-state index contributed by atoms with van der Waals surface area (Å²) in [5.41, 5.74) is 1.45. The van der Waals surface area contributed by atoms with Crippen LogP contribution >= 0.6 is 0 Å².